The van der Waals surface area contributed by atoms with E-state index in [1.807, 2.05) is 66.9 Å². The van der Waals surface area contributed by atoms with Gasteiger partial charge in [-0.1, -0.05) is 48.5 Å². The van der Waals surface area contributed by atoms with E-state index in [1.165, 1.54) is 16.7 Å². The molecule has 166 valence electrons. The van der Waals surface area contributed by atoms with Gasteiger partial charge in [-0.3, -0.25) is 14.5 Å². The highest BCUT2D eigenvalue weighted by Gasteiger charge is 2.37. The zero-order valence-corrected chi connectivity index (χ0v) is 19.5. The first-order valence-corrected chi connectivity index (χ1v) is 12.4. The van der Waals surface area contributed by atoms with Crippen LogP contribution in [0.4, 0.5) is 5.82 Å². The van der Waals surface area contributed by atoms with Crippen molar-refractivity contribution in [1.29, 1.82) is 0 Å². The Labute approximate surface area is 199 Å². The topological polar surface area (TPSA) is 75.4 Å². The summed E-state index contributed by atoms with van der Waals surface area (Å²) in [4.78, 5) is 26.4. The van der Waals surface area contributed by atoms with Crippen molar-refractivity contribution in [3.8, 4) is 16.9 Å². The number of benzene rings is 2. The molecule has 0 bridgehead atoms. The number of para-hydroxylation sites is 1. The molecule has 0 radical (unpaired) electrons. The summed E-state index contributed by atoms with van der Waals surface area (Å²) in [5, 5.41) is 18.6. The van der Waals surface area contributed by atoms with Gasteiger partial charge in [-0.2, -0.15) is 16.4 Å². The number of carbonyl (C=O) groups is 2. The minimum absolute atomic E-state index is 0.151. The minimum Gasteiger partial charge on any atom is -0.480 e. The van der Waals surface area contributed by atoms with Crippen molar-refractivity contribution in [2.24, 2.45) is 0 Å². The van der Waals surface area contributed by atoms with Crippen molar-refractivity contribution in [3.05, 3.63) is 88.1 Å². The van der Waals surface area contributed by atoms with Crippen molar-refractivity contribution in [1.82, 2.24) is 9.78 Å². The van der Waals surface area contributed by atoms with Gasteiger partial charge in [-0.05, 0) is 40.9 Å². The lowest BCUT2D eigenvalue weighted by molar-refractivity contribution is -0.136. The summed E-state index contributed by atoms with van der Waals surface area (Å²) in [5.41, 5.74) is 5.41. The Balaban J connectivity index is 1.87. The second-order valence-corrected chi connectivity index (χ2v) is 9.64. The first kappa shape index (κ1) is 21.5. The van der Waals surface area contributed by atoms with E-state index in [0.717, 1.165) is 33.6 Å². The predicted molar refractivity (Wildman–Crippen MR) is 132 cm³/mol. The fourth-order valence-corrected chi connectivity index (χ4v) is 6.08. The number of rotatable bonds is 5. The Kier molecular flexibility index (Phi) is 5.78. The van der Waals surface area contributed by atoms with Crippen LogP contribution in [0.2, 0.25) is 0 Å². The van der Waals surface area contributed by atoms with E-state index in [1.54, 1.807) is 16.0 Å². The maximum absolute atomic E-state index is 13.2. The van der Waals surface area contributed by atoms with Crippen LogP contribution in [-0.2, 0) is 9.59 Å². The number of thiophene rings is 1. The minimum atomic E-state index is -1.06. The lowest BCUT2D eigenvalue weighted by atomic mass is 10.0. The van der Waals surface area contributed by atoms with Gasteiger partial charge < -0.3 is 5.11 Å². The van der Waals surface area contributed by atoms with Gasteiger partial charge >= 0.3 is 5.97 Å². The third-order valence-corrected chi connectivity index (χ3v) is 7.58. The number of carboxylic acids is 1. The maximum atomic E-state index is 13.2. The summed E-state index contributed by atoms with van der Waals surface area (Å²) in [7, 11) is 0. The van der Waals surface area contributed by atoms with E-state index in [9.17, 15) is 14.7 Å². The number of nitrogens with zero attached hydrogens (tertiary/aromatic N) is 3. The van der Waals surface area contributed by atoms with Crippen molar-refractivity contribution < 1.29 is 14.7 Å². The van der Waals surface area contributed by atoms with Gasteiger partial charge in [0.05, 0.1) is 22.4 Å². The Morgan fingerprint density at radius 2 is 1.88 bits per heavy atom. The molecule has 1 atom stereocenters. The molecule has 0 aliphatic carbocycles. The molecule has 8 heteroatoms. The highest BCUT2D eigenvalue weighted by Crippen LogP contribution is 2.49. The highest BCUT2D eigenvalue weighted by atomic mass is 32.2. The third kappa shape index (κ3) is 3.96. The number of hydrogen-bond donors (Lipinski definition) is 1. The summed E-state index contributed by atoms with van der Waals surface area (Å²) in [6.45, 7) is 1.56. The van der Waals surface area contributed by atoms with E-state index in [-0.39, 0.29) is 16.9 Å². The first-order valence-electron chi connectivity index (χ1n) is 10.4. The molecule has 33 heavy (non-hydrogen) atoms. The Morgan fingerprint density at radius 1 is 1.12 bits per heavy atom. The van der Waals surface area contributed by atoms with Gasteiger partial charge in [0.25, 0.3) is 0 Å². The number of carbonyl (C=O) groups excluding carboxylic acids is 1. The van der Waals surface area contributed by atoms with Crippen molar-refractivity contribution >= 4 is 40.8 Å². The molecule has 2 aromatic carbocycles. The smallest absolute Gasteiger partial charge is 0.323 e. The number of hydrogen-bond acceptors (Lipinski definition) is 5. The van der Waals surface area contributed by atoms with E-state index >= 15 is 0 Å². The molecule has 4 aromatic rings. The van der Waals surface area contributed by atoms with Crippen LogP contribution >= 0.6 is 23.1 Å². The highest BCUT2D eigenvalue weighted by molar-refractivity contribution is 8.00. The molecule has 0 saturated carbocycles. The average molecular weight is 476 g/mol. The number of amides is 1. The van der Waals surface area contributed by atoms with E-state index < -0.39 is 12.5 Å². The standard InChI is InChI=1S/C25H21N3O3S2/c1-16-7-5-6-10-19(16)28-25-22(23(26-28)17-8-3-2-4-9-17)24(18-11-12-32-14-18)33-15-20(29)27(25)13-21(30)31/h2-12,14,24H,13,15H2,1H3,(H,30,31). The molecule has 6 nitrogen and oxygen atoms in total. The van der Waals surface area contributed by atoms with Gasteiger partial charge in [0.15, 0.2) is 0 Å². The van der Waals surface area contributed by atoms with Crippen molar-refractivity contribution in [3.63, 3.8) is 0 Å². The number of anilines is 1. The number of aliphatic carboxylic acids is 1. The second-order valence-electron chi connectivity index (χ2n) is 7.77. The summed E-state index contributed by atoms with van der Waals surface area (Å²) < 4.78 is 1.75. The Bertz CT molecular complexity index is 1320. The van der Waals surface area contributed by atoms with E-state index in [4.69, 9.17) is 5.10 Å². The van der Waals surface area contributed by atoms with Crippen LogP contribution in [0.15, 0.2) is 71.4 Å². The van der Waals surface area contributed by atoms with Crippen molar-refractivity contribution in [2.75, 3.05) is 17.2 Å². The average Bonchev–Trinajstić information content (AvgIpc) is 3.45. The fraction of sp³-hybridized carbons (Fsp3) is 0.160. The fourth-order valence-electron chi connectivity index (χ4n) is 4.12. The van der Waals surface area contributed by atoms with Crippen LogP contribution < -0.4 is 4.90 Å². The molecule has 1 amide bonds. The number of fused-ring (bicyclic) bond motifs is 1. The third-order valence-electron chi connectivity index (χ3n) is 5.62. The molecule has 0 fully saturated rings. The normalized spacial score (nSPS) is 15.8. The van der Waals surface area contributed by atoms with Crippen LogP contribution in [-0.4, -0.2) is 39.1 Å². The van der Waals surface area contributed by atoms with Crippen LogP contribution in [0.5, 0.6) is 0 Å². The number of carboxylic acid groups (broad SMARTS) is 1. The van der Waals surface area contributed by atoms with Gasteiger partial charge in [0.1, 0.15) is 12.4 Å². The molecule has 5 rings (SSSR count). The Morgan fingerprint density at radius 3 is 2.58 bits per heavy atom. The van der Waals surface area contributed by atoms with Crippen LogP contribution in [0.1, 0.15) is 21.9 Å². The van der Waals surface area contributed by atoms with Gasteiger partial charge in [-0.15, -0.1) is 11.8 Å². The van der Waals surface area contributed by atoms with E-state index in [0.29, 0.717) is 5.82 Å². The largest absolute Gasteiger partial charge is 0.480 e. The molecule has 0 spiro atoms. The van der Waals surface area contributed by atoms with E-state index in [2.05, 4.69) is 11.4 Å². The first-order chi connectivity index (χ1) is 16.0. The summed E-state index contributed by atoms with van der Waals surface area (Å²) >= 11 is 3.12. The predicted octanol–water partition coefficient (Wildman–Crippen LogP) is 5.16. The van der Waals surface area contributed by atoms with Crippen LogP contribution in [0, 0.1) is 6.92 Å². The summed E-state index contributed by atoms with van der Waals surface area (Å²) in [6, 6.07) is 19.7. The van der Waals surface area contributed by atoms with Gasteiger partial charge in [0.2, 0.25) is 5.91 Å². The Hall–Kier alpha value is -3.36. The van der Waals surface area contributed by atoms with Crippen LogP contribution in [0.25, 0.3) is 16.9 Å². The second kappa shape index (κ2) is 8.88. The molecule has 3 heterocycles. The van der Waals surface area contributed by atoms with Crippen molar-refractivity contribution in [2.45, 2.75) is 12.2 Å². The maximum Gasteiger partial charge on any atom is 0.323 e. The molecule has 1 unspecified atom stereocenters. The zero-order valence-electron chi connectivity index (χ0n) is 17.8. The lowest BCUT2D eigenvalue weighted by Gasteiger charge is -2.22. The molecule has 1 N–H and O–H groups in total. The monoisotopic (exact) mass is 475 g/mol. The number of thioether (sulfide) groups is 1. The molecule has 1 aliphatic heterocycles. The molecule has 2 aromatic heterocycles. The lowest BCUT2D eigenvalue weighted by Crippen LogP contribution is -2.38. The van der Waals surface area contributed by atoms with Gasteiger partial charge in [-0.25, -0.2) is 4.68 Å². The molecule has 1 aliphatic rings. The SMILES string of the molecule is Cc1ccccc1-n1nc(-c2ccccc2)c2c1N(CC(=O)O)C(=O)CSC2c1ccsc1. The molecular formula is C25H21N3O3S2. The summed E-state index contributed by atoms with van der Waals surface area (Å²) in [6.07, 6.45) is 0. The quantitative estimate of drug-likeness (QED) is 0.431. The van der Waals surface area contributed by atoms with Crippen LogP contribution in [0.3, 0.4) is 0 Å². The number of aryl methyl sites for hydroxylation is 1. The molecular weight excluding hydrogens is 454 g/mol. The number of aromatic nitrogens is 2. The van der Waals surface area contributed by atoms with Gasteiger partial charge in [0, 0.05) is 11.1 Å². The zero-order chi connectivity index (χ0) is 22.9. The summed E-state index contributed by atoms with van der Waals surface area (Å²) in [5.74, 6) is -0.593. The molecule has 0 saturated heterocycles.